The van der Waals surface area contributed by atoms with E-state index in [1.54, 1.807) is 7.11 Å². The molecule has 2 fully saturated rings. The van der Waals surface area contributed by atoms with E-state index in [0.29, 0.717) is 64.5 Å². The molecule has 302 valence electrons. The predicted octanol–water partition coefficient (Wildman–Crippen LogP) is 3.63. The number of aliphatic hydroxyl groups is 1. The van der Waals surface area contributed by atoms with E-state index < -0.39 is 6.10 Å². The standard InChI is InChI=1S/C38H65N5O9S/c1-28-14-15-30(10-6-4-5-7-11-32(48-3)37(46)29(2)26-28)42-43-35(45)16-18-49-20-22-51-24-25-52-23-21-50-19-17-39-34(44)13-9-8-12-33-36-31(27-53-33)40-38(47)41-36/h7,11,26,29,31-33,36-37,46H,4-6,8-10,12-25,27H2,1-3H3,(H,39,44)(H,43,45)(H2,40,41,47)/b11-7+,28-26-,42-30-/t29?,31?,32-,33?,36?,37-/m0/s1. The zero-order chi connectivity index (χ0) is 38.1. The van der Waals surface area contributed by atoms with Gasteiger partial charge in [0.15, 0.2) is 0 Å². The molecule has 0 aromatic rings. The molecule has 4 amide bonds. The maximum absolute atomic E-state index is 12.4. The third-order valence-corrected chi connectivity index (χ3v) is 11.0. The molecule has 2 heterocycles. The van der Waals surface area contributed by atoms with E-state index in [4.69, 9.17) is 23.7 Å². The van der Waals surface area contributed by atoms with Crippen molar-refractivity contribution in [1.82, 2.24) is 21.4 Å². The van der Waals surface area contributed by atoms with Crippen LogP contribution in [0.3, 0.4) is 0 Å². The van der Waals surface area contributed by atoms with Crippen LogP contribution < -0.4 is 21.4 Å². The van der Waals surface area contributed by atoms with Crippen LogP contribution in [-0.4, -0.2) is 130 Å². The molecule has 5 N–H and O–H groups in total. The first-order valence-electron chi connectivity index (χ1n) is 19.4. The van der Waals surface area contributed by atoms with Gasteiger partial charge in [-0.2, -0.15) is 16.9 Å². The number of hydrogen-bond acceptors (Lipinski definition) is 11. The number of aliphatic hydroxyl groups excluding tert-OH is 1. The van der Waals surface area contributed by atoms with Crippen LogP contribution in [0.4, 0.5) is 4.79 Å². The molecule has 0 bridgehead atoms. The van der Waals surface area contributed by atoms with Crippen LogP contribution in [0.5, 0.6) is 0 Å². The maximum atomic E-state index is 12.4. The van der Waals surface area contributed by atoms with Gasteiger partial charge >= 0.3 is 6.03 Å². The van der Waals surface area contributed by atoms with Crippen molar-refractivity contribution < 1.29 is 43.2 Å². The number of nitrogens with one attached hydrogen (secondary N) is 4. The van der Waals surface area contributed by atoms with Crippen LogP contribution in [0, 0.1) is 5.92 Å². The summed E-state index contributed by atoms with van der Waals surface area (Å²) in [6.45, 7) is 7.78. The van der Waals surface area contributed by atoms with Gasteiger partial charge in [0, 0.05) is 42.7 Å². The van der Waals surface area contributed by atoms with Gasteiger partial charge in [-0.3, -0.25) is 9.59 Å². The highest BCUT2D eigenvalue weighted by atomic mass is 32.2. The average molecular weight is 768 g/mol. The second kappa shape index (κ2) is 27.1. The lowest BCUT2D eigenvalue weighted by atomic mass is 9.94. The Kier molecular flexibility index (Phi) is 23.0. The Morgan fingerprint density at radius 3 is 2.38 bits per heavy atom. The van der Waals surface area contributed by atoms with Crippen molar-refractivity contribution >= 4 is 35.3 Å². The summed E-state index contributed by atoms with van der Waals surface area (Å²) in [5.41, 5.74) is 4.84. The highest BCUT2D eigenvalue weighted by Crippen LogP contribution is 2.33. The van der Waals surface area contributed by atoms with Crippen molar-refractivity contribution in [3.05, 3.63) is 23.8 Å². The molecule has 3 aliphatic rings. The fourth-order valence-corrected chi connectivity index (χ4v) is 7.95. The number of unbranched alkanes of at least 4 members (excludes halogenated alkanes) is 1. The summed E-state index contributed by atoms with van der Waals surface area (Å²) >= 11 is 1.90. The summed E-state index contributed by atoms with van der Waals surface area (Å²) in [7, 11) is 1.63. The normalized spacial score (nSPS) is 27.6. The van der Waals surface area contributed by atoms with E-state index in [2.05, 4.69) is 45.6 Å². The number of amides is 4. The zero-order valence-corrected chi connectivity index (χ0v) is 32.9. The number of urea groups is 1. The van der Waals surface area contributed by atoms with Crippen molar-refractivity contribution in [3.8, 4) is 0 Å². The monoisotopic (exact) mass is 767 g/mol. The van der Waals surface area contributed by atoms with Gasteiger partial charge in [0.1, 0.15) is 6.10 Å². The van der Waals surface area contributed by atoms with Gasteiger partial charge in [-0.25, -0.2) is 10.2 Å². The SMILES string of the molecule is CO[C@H]1/C=C/CCCC/C(=N/NC(=O)CCOCCOCCOCCOCCNC(=O)CCCCC2SCC3NC(=O)NC32)CC/C(C)=C\C(C)[C@@H]1O. The Bertz CT molecular complexity index is 1170. The highest BCUT2D eigenvalue weighted by Gasteiger charge is 2.42. The molecule has 2 saturated heterocycles. The van der Waals surface area contributed by atoms with Gasteiger partial charge in [-0.1, -0.05) is 37.1 Å². The molecule has 0 aromatic carbocycles. The summed E-state index contributed by atoms with van der Waals surface area (Å²) in [4.78, 5) is 35.9. The molecule has 2 aliphatic heterocycles. The second-order valence-corrected chi connectivity index (χ2v) is 15.1. The van der Waals surface area contributed by atoms with E-state index in [1.807, 2.05) is 24.8 Å². The summed E-state index contributed by atoms with van der Waals surface area (Å²) in [6, 6.07) is 0.389. The Morgan fingerprint density at radius 2 is 1.64 bits per heavy atom. The van der Waals surface area contributed by atoms with Crippen molar-refractivity contribution in [1.29, 1.82) is 0 Å². The van der Waals surface area contributed by atoms with E-state index in [9.17, 15) is 19.5 Å². The summed E-state index contributed by atoms with van der Waals surface area (Å²) in [6.07, 6.45) is 13.9. The van der Waals surface area contributed by atoms with E-state index >= 15 is 0 Å². The first kappa shape index (κ1) is 44.9. The number of methoxy groups -OCH3 is 1. The zero-order valence-electron chi connectivity index (χ0n) is 32.1. The molecule has 53 heavy (non-hydrogen) atoms. The maximum Gasteiger partial charge on any atom is 0.315 e. The third kappa shape index (κ3) is 19.1. The molecule has 6 atom stereocenters. The van der Waals surface area contributed by atoms with Gasteiger partial charge < -0.3 is 44.7 Å². The third-order valence-electron chi connectivity index (χ3n) is 9.49. The van der Waals surface area contributed by atoms with E-state index in [0.717, 1.165) is 69.3 Å². The van der Waals surface area contributed by atoms with Gasteiger partial charge in [0.25, 0.3) is 0 Å². The van der Waals surface area contributed by atoms with Crippen molar-refractivity contribution in [2.75, 3.05) is 72.3 Å². The first-order chi connectivity index (χ1) is 25.8. The fraction of sp³-hybridized carbons (Fsp3) is 0.789. The molecule has 0 radical (unpaired) electrons. The summed E-state index contributed by atoms with van der Waals surface area (Å²) in [5.74, 6) is 0.758. The number of carbonyl (C=O) groups excluding carboxylic acids is 3. The molecular formula is C38H65N5O9S. The number of hydrogen-bond donors (Lipinski definition) is 5. The van der Waals surface area contributed by atoms with Crippen LogP contribution in [0.25, 0.3) is 0 Å². The number of thioether (sulfide) groups is 1. The largest absolute Gasteiger partial charge is 0.389 e. The van der Waals surface area contributed by atoms with Crippen LogP contribution >= 0.6 is 11.8 Å². The molecule has 3 rings (SSSR count). The minimum absolute atomic E-state index is 0.0333. The Hall–Kier alpha value is -2.53. The van der Waals surface area contributed by atoms with Gasteiger partial charge in [0.2, 0.25) is 11.8 Å². The molecule has 4 unspecified atom stereocenters. The van der Waals surface area contributed by atoms with Gasteiger partial charge in [-0.05, 0) is 58.3 Å². The lowest BCUT2D eigenvalue weighted by molar-refractivity contribution is -0.122. The molecule has 15 heteroatoms. The number of hydrazone groups is 1. The minimum Gasteiger partial charge on any atom is -0.389 e. The minimum atomic E-state index is -0.610. The second-order valence-electron chi connectivity index (χ2n) is 13.9. The Labute approximate surface area is 320 Å². The first-order valence-corrected chi connectivity index (χ1v) is 20.5. The molecule has 0 spiro atoms. The van der Waals surface area contributed by atoms with Crippen LogP contribution in [-0.2, 0) is 33.3 Å². The number of fused-ring (bicyclic) bond motifs is 1. The summed E-state index contributed by atoms with van der Waals surface area (Å²) < 4.78 is 27.6. The Balaban J connectivity index is 1.10. The number of nitrogens with zero attached hydrogens (tertiary/aromatic N) is 1. The highest BCUT2D eigenvalue weighted by molar-refractivity contribution is 8.00. The van der Waals surface area contributed by atoms with E-state index in [-0.39, 0.29) is 55.0 Å². The van der Waals surface area contributed by atoms with Crippen LogP contribution in [0.15, 0.2) is 28.9 Å². The molecule has 0 aromatic heterocycles. The van der Waals surface area contributed by atoms with Crippen LogP contribution in [0.1, 0.15) is 84.5 Å². The van der Waals surface area contributed by atoms with Crippen molar-refractivity contribution in [3.63, 3.8) is 0 Å². The fourth-order valence-electron chi connectivity index (χ4n) is 6.41. The molecule has 14 nitrogen and oxygen atoms in total. The van der Waals surface area contributed by atoms with Gasteiger partial charge in [-0.15, -0.1) is 0 Å². The smallest absolute Gasteiger partial charge is 0.315 e. The summed E-state index contributed by atoms with van der Waals surface area (Å²) in [5, 5.41) is 24.4. The number of carbonyl (C=O) groups is 3. The quantitative estimate of drug-likeness (QED) is 0.0473. The topological polar surface area (TPSA) is 178 Å². The number of allylic oxidation sites excluding steroid dienone is 2. The predicted molar refractivity (Wildman–Crippen MR) is 207 cm³/mol. The molecular weight excluding hydrogens is 703 g/mol. The lowest BCUT2D eigenvalue weighted by Crippen LogP contribution is -2.36. The lowest BCUT2D eigenvalue weighted by Gasteiger charge is -2.23. The van der Waals surface area contributed by atoms with E-state index in [1.165, 1.54) is 5.57 Å². The average Bonchev–Trinajstić information content (AvgIpc) is 3.70. The van der Waals surface area contributed by atoms with Crippen LogP contribution in [0.2, 0.25) is 0 Å². The Morgan fingerprint density at radius 1 is 0.925 bits per heavy atom. The van der Waals surface area contributed by atoms with Crippen molar-refractivity contribution in [2.45, 2.75) is 114 Å². The molecule has 1 aliphatic carbocycles. The van der Waals surface area contributed by atoms with Gasteiger partial charge in [0.05, 0.1) is 77.5 Å². The number of rotatable bonds is 22. The number of ether oxygens (including phenoxy) is 5. The molecule has 0 saturated carbocycles. The van der Waals surface area contributed by atoms with Crippen molar-refractivity contribution in [2.24, 2.45) is 11.0 Å².